The van der Waals surface area contributed by atoms with Crippen molar-refractivity contribution in [2.24, 2.45) is 11.7 Å². The molecule has 21 heavy (non-hydrogen) atoms. The number of nitrogens with two attached hydrogens (primary N) is 1. The number of esters is 1. The molecule has 4 nitrogen and oxygen atoms in total. The molecule has 0 aliphatic heterocycles. The Morgan fingerprint density at radius 2 is 2.29 bits per heavy atom. The van der Waals surface area contributed by atoms with E-state index >= 15 is 0 Å². The maximum Gasteiger partial charge on any atom is 0.326 e. The van der Waals surface area contributed by atoms with E-state index in [1.165, 1.54) is 13.2 Å². The normalized spacial score (nSPS) is 24.9. The van der Waals surface area contributed by atoms with Crippen LogP contribution in [-0.4, -0.2) is 25.2 Å². The fraction of sp³-hybridized carbons (Fsp3) is 0.562. The smallest absolute Gasteiger partial charge is 0.326 e. The average molecular weight is 295 g/mol. The summed E-state index contributed by atoms with van der Waals surface area (Å²) >= 11 is 0. The fourth-order valence-electron chi connectivity index (χ4n) is 2.95. The van der Waals surface area contributed by atoms with Crippen LogP contribution >= 0.6 is 0 Å². The molecule has 1 fully saturated rings. The lowest BCUT2D eigenvalue weighted by molar-refractivity contribution is -0.148. The van der Waals surface area contributed by atoms with Crippen molar-refractivity contribution in [1.29, 1.82) is 0 Å². The zero-order valence-electron chi connectivity index (χ0n) is 12.5. The molecule has 2 rings (SSSR count). The first-order chi connectivity index (χ1) is 9.97. The molecule has 5 heteroatoms. The van der Waals surface area contributed by atoms with E-state index in [2.05, 4.69) is 0 Å². The quantitative estimate of drug-likeness (QED) is 0.848. The summed E-state index contributed by atoms with van der Waals surface area (Å²) in [7, 11) is 1.36. The van der Waals surface area contributed by atoms with Crippen molar-refractivity contribution in [3.8, 4) is 5.75 Å². The van der Waals surface area contributed by atoms with Crippen LogP contribution in [0.1, 0.15) is 31.2 Å². The molecule has 116 valence electrons. The number of aryl methyl sites for hydroxylation is 1. The Bertz CT molecular complexity index is 520. The molecule has 0 radical (unpaired) electrons. The van der Waals surface area contributed by atoms with Crippen molar-refractivity contribution < 1.29 is 18.7 Å². The highest BCUT2D eigenvalue weighted by Gasteiger charge is 2.46. The average Bonchev–Trinajstić information content (AvgIpc) is 2.84. The van der Waals surface area contributed by atoms with Crippen LogP contribution in [0, 0.1) is 18.7 Å². The van der Waals surface area contributed by atoms with Gasteiger partial charge in [-0.2, -0.15) is 0 Å². The number of benzene rings is 1. The first kappa shape index (κ1) is 15.8. The maximum atomic E-state index is 13.4. The minimum Gasteiger partial charge on any atom is -0.493 e. The van der Waals surface area contributed by atoms with E-state index in [1.54, 1.807) is 19.1 Å². The van der Waals surface area contributed by atoms with Gasteiger partial charge in [0.2, 0.25) is 0 Å². The second kappa shape index (κ2) is 6.43. The number of ether oxygens (including phenoxy) is 2. The van der Waals surface area contributed by atoms with Crippen LogP contribution in [0.3, 0.4) is 0 Å². The van der Waals surface area contributed by atoms with E-state index in [0.717, 1.165) is 12.8 Å². The number of carbonyl (C=O) groups is 1. The van der Waals surface area contributed by atoms with Crippen molar-refractivity contribution in [1.82, 2.24) is 0 Å². The van der Waals surface area contributed by atoms with Gasteiger partial charge < -0.3 is 15.2 Å². The van der Waals surface area contributed by atoms with E-state index in [4.69, 9.17) is 15.2 Å². The highest BCUT2D eigenvalue weighted by Crippen LogP contribution is 2.37. The Balaban J connectivity index is 1.90. The van der Waals surface area contributed by atoms with Crippen molar-refractivity contribution >= 4 is 5.97 Å². The molecule has 0 amide bonds. The highest BCUT2D eigenvalue weighted by molar-refractivity contribution is 5.81. The standard InChI is InChI=1S/C16H22FNO3/c1-11-5-6-13(10-14(11)17)21-9-7-12-4-3-8-16(12,18)15(19)20-2/h5-6,10,12H,3-4,7-9,18H2,1-2H3. The third-order valence-electron chi connectivity index (χ3n) is 4.32. The summed E-state index contributed by atoms with van der Waals surface area (Å²) in [5.74, 6) is -0.0977. The predicted octanol–water partition coefficient (Wildman–Crippen LogP) is 2.57. The third kappa shape index (κ3) is 3.35. The summed E-state index contributed by atoms with van der Waals surface area (Å²) in [5, 5.41) is 0. The molecule has 2 N–H and O–H groups in total. The molecule has 0 aromatic heterocycles. The molecular formula is C16H22FNO3. The molecule has 2 unspecified atom stereocenters. The molecule has 1 aromatic carbocycles. The second-order valence-corrected chi connectivity index (χ2v) is 5.67. The molecule has 0 saturated heterocycles. The molecule has 2 atom stereocenters. The van der Waals surface area contributed by atoms with E-state index in [1.807, 2.05) is 0 Å². The Kier molecular flexibility index (Phi) is 4.83. The Labute approximate surface area is 124 Å². The number of rotatable bonds is 5. The molecule has 1 aromatic rings. The largest absolute Gasteiger partial charge is 0.493 e. The van der Waals surface area contributed by atoms with Gasteiger partial charge in [-0.15, -0.1) is 0 Å². The number of methoxy groups -OCH3 is 1. The van der Waals surface area contributed by atoms with Gasteiger partial charge in [0, 0.05) is 6.07 Å². The van der Waals surface area contributed by atoms with Crippen molar-refractivity contribution in [2.45, 2.75) is 38.1 Å². The van der Waals surface area contributed by atoms with E-state index < -0.39 is 5.54 Å². The van der Waals surface area contributed by atoms with Crippen LogP contribution in [0.4, 0.5) is 4.39 Å². The Hall–Kier alpha value is -1.62. The zero-order chi connectivity index (χ0) is 15.5. The van der Waals surface area contributed by atoms with Crippen LogP contribution in [0.15, 0.2) is 18.2 Å². The van der Waals surface area contributed by atoms with Gasteiger partial charge in [-0.3, -0.25) is 4.79 Å². The van der Waals surface area contributed by atoms with Crippen molar-refractivity contribution in [3.63, 3.8) is 0 Å². The molecule has 0 spiro atoms. The third-order valence-corrected chi connectivity index (χ3v) is 4.32. The SMILES string of the molecule is COC(=O)C1(N)CCCC1CCOc1ccc(C)c(F)c1. The Morgan fingerprint density at radius 1 is 1.52 bits per heavy atom. The number of hydrogen-bond acceptors (Lipinski definition) is 4. The van der Waals surface area contributed by atoms with Crippen molar-refractivity contribution in [3.05, 3.63) is 29.6 Å². The van der Waals surface area contributed by atoms with Gasteiger partial charge in [0.05, 0.1) is 13.7 Å². The second-order valence-electron chi connectivity index (χ2n) is 5.67. The molecular weight excluding hydrogens is 273 g/mol. The summed E-state index contributed by atoms with van der Waals surface area (Å²) in [6, 6.07) is 4.80. The number of carbonyl (C=O) groups excluding carboxylic acids is 1. The number of halogens is 1. The van der Waals surface area contributed by atoms with Gasteiger partial charge in [0.1, 0.15) is 17.1 Å². The molecule has 1 aliphatic rings. The van der Waals surface area contributed by atoms with E-state index in [9.17, 15) is 9.18 Å². The van der Waals surface area contributed by atoms with Gasteiger partial charge in [-0.05, 0) is 43.7 Å². The Morgan fingerprint density at radius 3 is 2.95 bits per heavy atom. The summed E-state index contributed by atoms with van der Waals surface area (Å²) in [4.78, 5) is 11.8. The lowest BCUT2D eigenvalue weighted by Crippen LogP contribution is -2.52. The molecule has 0 heterocycles. The lowest BCUT2D eigenvalue weighted by atomic mass is 9.86. The lowest BCUT2D eigenvalue weighted by Gasteiger charge is -2.28. The topological polar surface area (TPSA) is 61.5 Å². The molecule has 0 bridgehead atoms. The van der Waals surface area contributed by atoms with E-state index in [0.29, 0.717) is 30.8 Å². The van der Waals surface area contributed by atoms with Gasteiger partial charge in [0.15, 0.2) is 0 Å². The van der Waals surface area contributed by atoms with Crippen LogP contribution in [0.5, 0.6) is 5.75 Å². The zero-order valence-corrected chi connectivity index (χ0v) is 12.5. The van der Waals surface area contributed by atoms with E-state index in [-0.39, 0.29) is 17.7 Å². The maximum absolute atomic E-state index is 13.4. The first-order valence-electron chi connectivity index (χ1n) is 7.23. The summed E-state index contributed by atoms with van der Waals surface area (Å²) in [6.07, 6.45) is 3.09. The van der Waals surface area contributed by atoms with Crippen LogP contribution in [0.2, 0.25) is 0 Å². The van der Waals surface area contributed by atoms with Crippen LogP contribution < -0.4 is 10.5 Å². The summed E-state index contributed by atoms with van der Waals surface area (Å²) in [6.45, 7) is 2.11. The van der Waals surface area contributed by atoms with Gasteiger partial charge in [0.25, 0.3) is 0 Å². The fourth-order valence-corrected chi connectivity index (χ4v) is 2.95. The first-order valence-corrected chi connectivity index (χ1v) is 7.23. The monoisotopic (exact) mass is 295 g/mol. The minimum atomic E-state index is -0.906. The minimum absolute atomic E-state index is 0.0419. The molecule has 1 saturated carbocycles. The summed E-state index contributed by atoms with van der Waals surface area (Å²) < 4.78 is 23.8. The highest BCUT2D eigenvalue weighted by atomic mass is 19.1. The van der Waals surface area contributed by atoms with Crippen LogP contribution in [0.25, 0.3) is 0 Å². The van der Waals surface area contributed by atoms with Crippen LogP contribution in [-0.2, 0) is 9.53 Å². The van der Waals surface area contributed by atoms with Crippen molar-refractivity contribution in [2.75, 3.05) is 13.7 Å². The van der Waals surface area contributed by atoms with Gasteiger partial charge in [-0.1, -0.05) is 12.5 Å². The summed E-state index contributed by atoms with van der Waals surface area (Å²) in [5.41, 5.74) is 5.87. The predicted molar refractivity (Wildman–Crippen MR) is 77.5 cm³/mol. The molecule has 1 aliphatic carbocycles. The van der Waals surface area contributed by atoms with Gasteiger partial charge >= 0.3 is 5.97 Å². The van der Waals surface area contributed by atoms with Gasteiger partial charge in [-0.25, -0.2) is 4.39 Å². The number of hydrogen-bond donors (Lipinski definition) is 1.